The Bertz CT molecular complexity index is 347. The van der Waals surface area contributed by atoms with Gasteiger partial charge < -0.3 is 15.2 Å². The smallest absolute Gasteiger partial charge is 0.128 e. The Balaban J connectivity index is 2.42. The van der Waals surface area contributed by atoms with Crippen LogP contribution in [-0.4, -0.2) is 17.3 Å². The molecule has 0 aromatic heterocycles. The zero-order valence-electron chi connectivity index (χ0n) is 8.50. The first kappa shape index (κ1) is 9.34. The van der Waals surface area contributed by atoms with Gasteiger partial charge in [-0.05, 0) is 26.0 Å². The highest BCUT2D eigenvalue weighted by atomic mass is 16.5. The summed E-state index contributed by atoms with van der Waals surface area (Å²) in [6, 6.07) is 5.38. The number of aromatic hydroxyl groups is 1. The molecule has 0 radical (unpaired) electrons. The summed E-state index contributed by atoms with van der Waals surface area (Å²) in [5, 5.41) is 12.9. The molecule has 1 aromatic rings. The summed E-state index contributed by atoms with van der Waals surface area (Å²) in [7, 11) is 0. The summed E-state index contributed by atoms with van der Waals surface area (Å²) in [6.07, 6.45) is 0. The van der Waals surface area contributed by atoms with Gasteiger partial charge >= 0.3 is 0 Å². The minimum absolute atomic E-state index is 0.223. The third kappa shape index (κ3) is 1.68. The van der Waals surface area contributed by atoms with E-state index in [0.29, 0.717) is 12.3 Å². The predicted octanol–water partition coefficient (Wildman–Crippen LogP) is 1.65. The number of benzene rings is 1. The van der Waals surface area contributed by atoms with Crippen molar-refractivity contribution in [3.05, 3.63) is 23.8 Å². The fourth-order valence-electron chi connectivity index (χ4n) is 1.65. The number of hydrogen-bond acceptors (Lipinski definition) is 3. The maximum Gasteiger partial charge on any atom is 0.128 e. The lowest BCUT2D eigenvalue weighted by molar-refractivity contribution is 0.115. The van der Waals surface area contributed by atoms with Crippen LogP contribution in [0.1, 0.15) is 19.4 Å². The highest BCUT2D eigenvalue weighted by Crippen LogP contribution is 2.31. The van der Waals surface area contributed by atoms with Gasteiger partial charge in [0.1, 0.15) is 17.1 Å². The maximum atomic E-state index is 9.63. The Kier molecular flexibility index (Phi) is 2.11. The van der Waals surface area contributed by atoms with Crippen LogP contribution in [0.3, 0.4) is 0 Å². The lowest BCUT2D eigenvalue weighted by Crippen LogP contribution is -2.37. The van der Waals surface area contributed by atoms with E-state index in [1.165, 1.54) is 0 Å². The van der Waals surface area contributed by atoms with Crippen molar-refractivity contribution >= 4 is 0 Å². The van der Waals surface area contributed by atoms with Gasteiger partial charge in [-0.3, -0.25) is 0 Å². The lowest BCUT2D eigenvalue weighted by Gasteiger charge is -2.24. The summed E-state index contributed by atoms with van der Waals surface area (Å²) in [6.45, 7) is 5.49. The molecule has 2 N–H and O–H groups in total. The number of fused-ring (bicyclic) bond motifs is 1. The van der Waals surface area contributed by atoms with Gasteiger partial charge in [-0.1, -0.05) is 6.07 Å². The summed E-state index contributed by atoms with van der Waals surface area (Å²) < 4.78 is 5.80. The fourth-order valence-corrected chi connectivity index (χ4v) is 1.65. The first-order chi connectivity index (χ1) is 6.58. The monoisotopic (exact) mass is 193 g/mol. The summed E-state index contributed by atoms with van der Waals surface area (Å²) in [5.41, 5.74) is 0.622. The van der Waals surface area contributed by atoms with Crippen molar-refractivity contribution in [1.82, 2.24) is 5.32 Å². The van der Waals surface area contributed by atoms with Gasteiger partial charge in [0.15, 0.2) is 0 Å². The summed E-state index contributed by atoms with van der Waals surface area (Å²) in [4.78, 5) is 0. The molecule has 1 aliphatic rings. The molecule has 0 amide bonds. The van der Waals surface area contributed by atoms with Gasteiger partial charge in [-0.15, -0.1) is 0 Å². The van der Waals surface area contributed by atoms with Crippen LogP contribution in [0.4, 0.5) is 0 Å². The number of hydrogen-bond donors (Lipinski definition) is 2. The van der Waals surface area contributed by atoms with Crippen LogP contribution in [0, 0.1) is 0 Å². The normalized spacial score (nSPS) is 19.3. The van der Waals surface area contributed by atoms with E-state index < -0.39 is 0 Å². The number of phenolic OH excluding ortho intramolecular Hbond substituents is 1. The summed E-state index contributed by atoms with van der Waals surface area (Å²) in [5.74, 6) is 1.08. The quantitative estimate of drug-likeness (QED) is 0.658. The molecule has 76 valence electrons. The second-order valence-corrected chi connectivity index (χ2v) is 4.22. The molecule has 3 nitrogen and oxygen atoms in total. The Morgan fingerprint density at radius 3 is 3.00 bits per heavy atom. The molecule has 0 atom stereocenters. The molecular weight excluding hydrogens is 178 g/mol. The Morgan fingerprint density at radius 2 is 2.21 bits per heavy atom. The van der Waals surface area contributed by atoms with Crippen LogP contribution < -0.4 is 10.1 Å². The average molecular weight is 193 g/mol. The zero-order chi connectivity index (χ0) is 10.2. The van der Waals surface area contributed by atoms with Gasteiger partial charge in [0, 0.05) is 18.7 Å². The molecular formula is C11H15NO2. The fraction of sp³-hybridized carbons (Fsp3) is 0.455. The van der Waals surface area contributed by atoms with E-state index in [2.05, 4.69) is 5.32 Å². The minimum Gasteiger partial charge on any atom is -0.507 e. The van der Waals surface area contributed by atoms with Crippen LogP contribution in [0.15, 0.2) is 18.2 Å². The van der Waals surface area contributed by atoms with Crippen LogP contribution in [0.25, 0.3) is 0 Å². The van der Waals surface area contributed by atoms with Gasteiger partial charge in [0.2, 0.25) is 0 Å². The highest BCUT2D eigenvalue weighted by Gasteiger charge is 2.25. The second-order valence-electron chi connectivity index (χ2n) is 4.22. The van der Waals surface area contributed by atoms with Gasteiger partial charge in [0.05, 0.1) is 0 Å². The zero-order valence-corrected chi connectivity index (χ0v) is 8.50. The van der Waals surface area contributed by atoms with Crippen molar-refractivity contribution in [2.75, 3.05) is 6.54 Å². The Labute approximate surface area is 83.7 Å². The standard InChI is InChI=1S/C11H15NO2/c1-11(2)7-12-6-8-9(13)4-3-5-10(8)14-11/h3-5,12-13H,6-7H2,1-2H3. The van der Waals surface area contributed by atoms with Gasteiger partial charge in [-0.25, -0.2) is 0 Å². The van der Waals surface area contributed by atoms with E-state index in [9.17, 15) is 5.11 Å². The van der Waals surface area contributed by atoms with Crippen molar-refractivity contribution in [2.45, 2.75) is 26.0 Å². The Morgan fingerprint density at radius 1 is 1.43 bits per heavy atom. The number of ether oxygens (including phenoxy) is 1. The van der Waals surface area contributed by atoms with Gasteiger partial charge in [0.25, 0.3) is 0 Å². The van der Waals surface area contributed by atoms with Crippen LogP contribution in [0.2, 0.25) is 0 Å². The molecule has 0 spiro atoms. The van der Waals surface area contributed by atoms with E-state index in [0.717, 1.165) is 17.9 Å². The van der Waals surface area contributed by atoms with Crippen LogP contribution in [-0.2, 0) is 6.54 Å². The first-order valence-corrected chi connectivity index (χ1v) is 4.79. The molecule has 14 heavy (non-hydrogen) atoms. The van der Waals surface area contributed by atoms with Crippen molar-refractivity contribution in [3.8, 4) is 11.5 Å². The van der Waals surface area contributed by atoms with E-state index in [1.807, 2.05) is 19.9 Å². The molecule has 2 rings (SSSR count). The molecule has 1 aromatic carbocycles. The van der Waals surface area contributed by atoms with E-state index in [4.69, 9.17) is 4.74 Å². The molecule has 0 unspecified atom stereocenters. The molecule has 0 bridgehead atoms. The number of rotatable bonds is 0. The van der Waals surface area contributed by atoms with Crippen LogP contribution >= 0.6 is 0 Å². The third-order valence-electron chi connectivity index (χ3n) is 2.35. The second kappa shape index (κ2) is 3.17. The molecule has 3 heteroatoms. The molecule has 1 heterocycles. The maximum absolute atomic E-state index is 9.63. The predicted molar refractivity (Wildman–Crippen MR) is 54.5 cm³/mol. The van der Waals surface area contributed by atoms with Crippen molar-refractivity contribution in [1.29, 1.82) is 0 Å². The molecule has 0 saturated carbocycles. The SMILES string of the molecule is CC1(C)CNCc2c(O)cccc2O1. The van der Waals surface area contributed by atoms with Crippen molar-refractivity contribution in [3.63, 3.8) is 0 Å². The number of phenols is 1. The van der Waals surface area contributed by atoms with Gasteiger partial charge in [-0.2, -0.15) is 0 Å². The molecule has 0 aliphatic carbocycles. The minimum atomic E-state index is -0.223. The molecule has 0 fully saturated rings. The third-order valence-corrected chi connectivity index (χ3v) is 2.35. The van der Waals surface area contributed by atoms with E-state index in [1.54, 1.807) is 12.1 Å². The number of nitrogens with one attached hydrogen (secondary N) is 1. The van der Waals surface area contributed by atoms with Crippen molar-refractivity contribution < 1.29 is 9.84 Å². The van der Waals surface area contributed by atoms with Crippen LogP contribution in [0.5, 0.6) is 11.5 Å². The average Bonchev–Trinajstić information content (AvgIpc) is 2.23. The highest BCUT2D eigenvalue weighted by molar-refractivity contribution is 5.44. The first-order valence-electron chi connectivity index (χ1n) is 4.79. The molecule has 0 saturated heterocycles. The van der Waals surface area contributed by atoms with E-state index in [-0.39, 0.29) is 5.60 Å². The largest absolute Gasteiger partial charge is 0.507 e. The topological polar surface area (TPSA) is 41.5 Å². The summed E-state index contributed by atoms with van der Waals surface area (Å²) >= 11 is 0. The Hall–Kier alpha value is -1.22. The molecule has 1 aliphatic heterocycles. The lowest BCUT2D eigenvalue weighted by atomic mass is 10.1. The van der Waals surface area contributed by atoms with Crippen molar-refractivity contribution in [2.24, 2.45) is 0 Å². The van der Waals surface area contributed by atoms with E-state index >= 15 is 0 Å².